The number of aromatic amines is 1. The summed E-state index contributed by atoms with van der Waals surface area (Å²) in [6.45, 7) is 2.07. The number of fused-ring (bicyclic) bond motifs is 6. The molecule has 0 radical (unpaired) electrons. The monoisotopic (exact) mass is 538 g/mol. The van der Waals surface area contributed by atoms with Crippen molar-refractivity contribution in [1.29, 1.82) is 0 Å². The number of nitrogens with one attached hydrogen (secondary N) is 2. The van der Waals surface area contributed by atoms with E-state index in [0.717, 1.165) is 17.5 Å². The Morgan fingerprint density at radius 3 is 2.68 bits per heavy atom. The molecule has 5 heterocycles. The van der Waals surface area contributed by atoms with Crippen LogP contribution in [-0.4, -0.2) is 46.6 Å². The largest absolute Gasteiger partial charge is 0.466 e. The number of esters is 3. The number of hydrogen-bond donors (Lipinski definition) is 3. The van der Waals surface area contributed by atoms with E-state index in [1.807, 2.05) is 42.8 Å². The van der Waals surface area contributed by atoms with Gasteiger partial charge in [-0.05, 0) is 54.4 Å². The van der Waals surface area contributed by atoms with E-state index in [4.69, 9.17) is 18.9 Å². The molecule has 1 aromatic carbocycles. The predicted molar refractivity (Wildman–Crippen MR) is 135 cm³/mol. The maximum atomic E-state index is 13.1. The molecule has 3 aliphatic rings. The van der Waals surface area contributed by atoms with Crippen LogP contribution in [-0.2, 0) is 38.9 Å². The quantitative estimate of drug-likeness (QED) is 0.418. The van der Waals surface area contributed by atoms with Gasteiger partial charge in [0.15, 0.2) is 5.60 Å². The molecule has 3 N–H and O–H groups in total. The van der Waals surface area contributed by atoms with E-state index in [1.54, 1.807) is 11.3 Å². The molecule has 1 spiro atoms. The number of aliphatic hydroxyl groups is 1. The summed E-state index contributed by atoms with van der Waals surface area (Å²) in [5.41, 5.74) is -0.0708. The Morgan fingerprint density at radius 2 is 1.95 bits per heavy atom. The van der Waals surface area contributed by atoms with Gasteiger partial charge in [0.2, 0.25) is 6.10 Å². The molecule has 0 saturated carbocycles. The minimum Gasteiger partial charge on any atom is -0.444 e. The molecule has 0 aliphatic carbocycles. The Hall–Kier alpha value is -3.67. The first kappa shape index (κ1) is 24.7. The number of benzene rings is 1. The van der Waals surface area contributed by atoms with Crippen LogP contribution in [0.2, 0.25) is 0 Å². The Labute approximate surface area is 221 Å². The predicted octanol–water partition coefficient (Wildman–Crippen LogP) is 3.38. The number of hydrogen-bond acceptors (Lipinski definition) is 10. The molecule has 4 atom stereocenters. The number of H-pyrrole nitrogens is 1. The highest BCUT2D eigenvalue weighted by Gasteiger charge is 2.65. The molecular formula is C27H26N2O8S. The van der Waals surface area contributed by atoms with Crippen molar-refractivity contribution in [3.8, 4) is 0 Å². The van der Waals surface area contributed by atoms with E-state index in [9.17, 15) is 19.5 Å². The van der Waals surface area contributed by atoms with Gasteiger partial charge in [0, 0.05) is 22.0 Å². The topological polar surface area (TPSA) is 136 Å². The van der Waals surface area contributed by atoms with Crippen molar-refractivity contribution < 1.29 is 38.4 Å². The van der Waals surface area contributed by atoms with E-state index < -0.39 is 54.0 Å². The number of ether oxygens (including phenoxy) is 4. The lowest BCUT2D eigenvalue weighted by molar-refractivity contribution is -0.364. The second-order valence-electron chi connectivity index (χ2n) is 9.75. The summed E-state index contributed by atoms with van der Waals surface area (Å²) in [5, 5.41) is 19.0. The van der Waals surface area contributed by atoms with Gasteiger partial charge in [-0.3, -0.25) is 9.59 Å². The fourth-order valence-corrected chi connectivity index (χ4v) is 6.23. The maximum absolute atomic E-state index is 13.1. The van der Waals surface area contributed by atoms with E-state index in [1.165, 1.54) is 0 Å². The maximum Gasteiger partial charge on any atom is 0.466 e. The Bertz CT molecular complexity index is 1470. The lowest BCUT2D eigenvalue weighted by Gasteiger charge is -2.41. The molecule has 6 rings (SSSR count). The average Bonchev–Trinajstić information content (AvgIpc) is 3.54. The van der Waals surface area contributed by atoms with Gasteiger partial charge in [-0.2, -0.15) is 11.3 Å². The SMILES string of the molecule is CCC(C/C=C1/OC23OC(=O)CC(O)(CC(=O)OC2c2c1[nH]c1ccccc21)C(=O)O3)(NC)c1ccsc1. The Morgan fingerprint density at radius 1 is 1.16 bits per heavy atom. The van der Waals surface area contributed by atoms with Gasteiger partial charge < -0.3 is 34.4 Å². The number of thiophene rings is 1. The van der Waals surface area contributed by atoms with Crippen LogP contribution in [0.3, 0.4) is 0 Å². The second-order valence-corrected chi connectivity index (χ2v) is 10.5. The minimum atomic E-state index is -2.45. The van der Waals surface area contributed by atoms with Crippen molar-refractivity contribution in [2.45, 2.75) is 55.8 Å². The molecule has 2 saturated heterocycles. The summed E-state index contributed by atoms with van der Waals surface area (Å²) in [7, 11) is 1.88. The second kappa shape index (κ2) is 8.69. The lowest BCUT2D eigenvalue weighted by Crippen LogP contribution is -2.54. The number of carbonyl (C=O) groups excluding carboxylic acids is 3. The van der Waals surface area contributed by atoms with Crippen molar-refractivity contribution in [3.05, 3.63) is 64.0 Å². The van der Waals surface area contributed by atoms with Crippen molar-refractivity contribution in [1.82, 2.24) is 10.3 Å². The van der Waals surface area contributed by atoms with E-state index in [0.29, 0.717) is 23.1 Å². The van der Waals surface area contributed by atoms with E-state index >= 15 is 0 Å². The van der Waals surface area contributed by atoms with Crippen LogP contribution < -0.4 is 5.32 Å². The summed E-state index contributed by atoms with van der Waals surface area (Å²) in [5.74, 6) is -5.24. The lowest BCUT2D eigenvalue weighted by atomic mass is 9.85. The van der Waals surface area contributed by atoms with Crippen LogP contribution in [0.25, 0.3) is 16.7 Å². The number of carbonyl (C=O) groups is 3. The van der Waals surface area contributed by atoms with Gasteiger partial charge >= 0.3 is 23.9 Å². The van der Waals surface area contributed by atoms with Crippen molar-refractivity contribution >= 4 is 45.9 Å². The van der Waals surface area contributed by atoms with Gasteiger partial charge in [-0.25, -0.2) is 4.79 Å². The summed E-state index contributed by atoms with van der Waals surface area (Å²) < 4.78 is 23.1. The van der Waals surface area contributed by atoms with E-state index in [-0.39, 0.29) is 5.76 Å². The molecule has 2 aromatic heterocycles. The molecule has 2 bridgehead atoms. The highest BCUT2D eigenvalue weighted by molar-refractivity contribution is 7.08. The summed E-state index contributed by atoms with van der Waals surface area (Å²) in [4.78, 5) is 42.1. The smallest absolute Gasteiger partial charge is 0.444 e. The molecule has 198 valence electrons. The molecule has 3 aliphatic heterocycles. The molecular weight excluding hydrogens is 512 g/mol. The summed E-state index contributed by atoms with van der Waals surface area (Å²) in [6, 6.07) is 9.38. The van der Waals surface area contributed by atoms with Crippen LogP contribution in [0.4, 0.5) is 0 Å². The minimum absolute atomic E-state index is 0.249. The molecule has 2 fully saturated rings. The van der Waals surface area contributed by atoms with E-state index in [2.05, 4.69) is 28.7 Å². The third-order valence-electron chi connectivity index (χ3n) is 7.61. The number of para-hydroxylation sites is 1. The van der Waals surface area contributed by atoms with Crippen molar-refractivity contribution in [2.24, 2.45) is 0 Å². The third-order valence-corrected chi connectivity index (χ3v) is 8.30. The van der Waals surface area contributed by atoms with Crippen LogP contribution in [0.15, 0.2) is 47.2 Å². The fourth-order valence-electron chi connectivity index (χ4n) is 5.48. The fraction of sp³-hybridized carbons (Fsp3) is 0.370. The highest BCUT2D eigenvalue weighted by atomic mass is 32.1. The zero-order chi connectivity index (χ0) is 26.7. The first-order valence-electron chi connectivity index (χ1n) is 12.3. The van der Waals surface area contributed by atoms with Crippen molar-refractivity contribution in [2.75, 3.05) is 7.05 Å². The summed E-state index contributed by atoms with van der Waals surface area (Å²) >= 11 is 1.59. The molecule has 4 unspecified atom stereocenters. The van der Waals surface area contributed by atoms with Crippen LogP contribution >= 0.6 is 11.3 Å². The zero-order valence-corrected chi connectivity index (χ0v) is 21.6. The number of rotatable bonds is 5. The first-order chi connectivity index (χ1) is 18.2. The molecule has 10 nitrogen and oxygen atoms in total. The van der Waals surface area contributed by atoms with Gasteiger partial charge in [0.25, 0.3) is 0 Å². The van der Waals surface area contributed by atoms with Gasteiger partial charge in [0.05, 0.1) is 18.5 Å². The van der Waals surface area contributed by atoms with Crippen LogP contribution in [0.5, 0.6) is 0 Å². The third kappa shape index (κ3) is 3.64. The zero-order valence-electron chi connectivity index (χ0n) is 20.7. The van der Waals surface area contributed by atoms with Crippen LogP contribution in [0, 0.1) is 0 Å². The van der Waals surface area contributed by atoms with Crippen LogP contribution in [0.1, 0.15) is 55.5 Å². The number of aromatic nitrogens is 1. The van der Waals surface area contributed by atoms with Crippen molar-refractivity contribution in [3.63, 3.8) is 0 Å². The summed E-state index contributed by atoms with van der Waals surface area (Å²) in [6.07, 6.45) is 0.103. The first-order valence-corrected chi connectivity index (χ1v) is 13.3. The normalized spacial score (nSPS) is 29.2. The highest BCUT2D eigenvalue weighted by Crippen LogP contribution is 2.52. The molecule has 38 heavy (non-hydrogen) atoms. The molecule has 3 aromatic rings. The van der Waals surface area contributed by atoms with Gasteiger partial charge in [-0.1, -0.05) is 25.1 Å². The Kier molecular flexibility index (Phi) is 5.64. The average molecular weight is 539 g/mol. The molecule has 0 amide bonds. The standard InChI is InChI=1S/C27H26N2O8S/c1-3-25(28-2,15-9-11-38-14-15)10-8-18-22-21(16-6-4-5-7-17(16)29-22)23-27(35-18)36-20(31)13-26(33,24(32)37-27)12-19(30)34-23/h4-9,11,14,23,28-29,33H,3,10,12-13H2,1-2H3/b18-8+. The Balaban J connectivity index is 1.55. The van der Waals surface area contributed by atoms with Gasteiger partial charge in [0.1, 0.15) is 5.76 Å². The van der Waals surface area contributed by atoms with Gasteiger partial charge in [-0.15, -0.1) is 0 Å². The molecule has 11 heteroatoms.